The van der Waals surface area contributed by atoms with Gasteiger partial charge in [0.15, 0.2) is 0 Å². The van der Waals surface area contributed by atoms with E-state index in [1.165, 1.54) is 19.3 Å². The van der Waals surface area contributed by atoms with Crippen LogP contribution in [-0.2, 0) is 4.79 Å². The average molecular weight is 282 g/mol. The minimum absolute atomic E-state index is 0.0830. The van der Waals surface area contributed by atoms with Gasteiger partial charge in [0.05, 0.1) is 5.41 Å². The zero-order valence-electron chi connectivity index (χ0n) is 12.5. The Morgan fingerprint density at radius 1 is 1.35 bits per heavy atom. The second-order valence-corrected chi connectivity index (χ2v) is 6.43. The van der Waals surface area contributed by atoms with Crippen molar-refractivity contribution in [3.05, 3.63) is 0 Å². The third-order valence-electron chi connectivity index (χ3n) is 5.19. The Kier molecular flexibility index (Phi) is 4.55. The molecule has 0 aromatic heterocycles. The number of carbonyl (C=O) groups excluding carboxylic acids is 1. The van der Waals surface area contributed by atoms with Crippen LogP contribution in [0.4, 0.5) is 4.79 Å². The van der Waals surface area contributed by atoms with Crippen molar-refractivity contribution >= 4 is 12.0 Å². The Balaban J connectivity index is 1.92. The van der Waals surface area contributed by atoms with E-state index in [-0.39, 0.29) is 12.1 Å². The highest BCUT2D eigenvalue weighted by molar-refractivity contribution is 5.79. The molecule has 2 amide bonds. The molecule has 2 aliphatic rings. The lowest BCUT2D eigenvalue weighted by molar-refractivity contribution is -0.148. The Bertz CT molecular complexity index is 385. The van der Waals surface area contributed by atoms with E-state index in [1.807, 2.05) is 6.92 Å². The van der Waals surface area contributed by atoms with Gasteiger partial charge in [-0.1, -0.05) is 26.7 Å². The molecule has 114 valence electrons. The van der Waals surface area contributed by atoms with Crippen LogP contribution in [0.5, 0.6) is 0 Å². The predicted octanol–water partition coefficient (Wildman–Crippen LogP) is 2.46. The quantitative estimate of drug-likeness (QED) is 0.835. The van der Waals surface area contributed by atoms with Crippen LogP contribution < -0.4 is 5.32 Å². The molecule has 5 heteroatoms. The molecule has 2 rings (SSSR count). The van der Waals surface area contributed by atoms with Gasteiger partial charge < -0.3 is 15.3 Å². The van der Waals surface area contributed by atoms with Crippen LogP contribution in [0, 0.1) is 11.3 Å². The van der Waals surface area contributed by atoms with Crippen LogP contribution in [0.25, 0.3) is 0 Å². The molecule has 3 unspecified atom stereocenters. The molecule has 20 heavy (non-hydrogen) atoms. The fraction of sp³-hybridized carbons (Fsp3) is 0.867. The molecule has 0 aromatic rings. The molecule has 3 atom stereocenters. The Morgan fingerprint density at radius 2 is 2.05 bits per heavy atom. The first-order chi connectivity index (χ1) is 9.48. The van der Waals surface area contributed by atoms with E-state index in [9.17, 15) is 14.7 Å². The van der Waals surface area contributed by atoms with Crippen LogP contribution in [0.1, 0.15) is 52.4 Å². The molecule has 0 aromatic carbocycles. The van der Waals surface area contributed by atoms with Crippen LogP contribution in [0.2, 0.25) is 0 Å². The maximum Gasteiger partial charge on any atom is 0.317 e. The summed E-state index contributed by atoms with van der Waals surface area (Å²) < 4.78 is 0. The second kappa shape index (κ2) is 6.02. The van der Waals surface area contributed by atoms with Gasteiger partial charge >= 0.3 is 12.0 Å². The number of urea groups is 1. The zero-order valence-corrected chi connectivity index (χ0v) is 12.5. The lowest BCUT2D eigenvalue weighted by atomic mass is 9.84. The van der Waals surface area contributed by atoms with E-state index in [2.05, 4.69) is 12.2 Å². The largest absolute Gasteiger partial charge is 0.481 e. The number of hydrogen-bond acceptors (Lipinski definition) is 2. The van der Waals surface area contributed by atoms with Gasteiger partial charge in [0.1, 0.15) is 0 Å². The van der Waals surface area contributed by atoms with Crippen molar-refractivity contribution in [2.45, 2.75) is 58.4 Å². The van der Waals surface area contributed by atoms with Gasteiger partial charge in [0.25, 0.3) is 0 Å². The molecule has 2 fully saturated rings. The van der Waals surface area contributed by atoms with Gasteiger partial charge in [0, 0.05) is 19.1 Å². The fourth-order valence-electron chi connectivity index (χ4n) is 3.44. The molecular weight excluding hydrogens is 256 g/mol. The lowest BCUT2D eigenvalue weighted by Gasteiger charge is -2.31. The first kappa shape index (κ1) is 15.1. The zero-order chi connectivity index (χ0) is 14.8. The van der Waals surface area contributed by atoms with E-state index >= 15 is 0 Å². The Hall–Kier alpha value is -1.26. The number of rotatable bonds is 3. The number of likely N-dealkylation sites (tertiary alicyclic amines) is 1. The van der Waals surface area contributed by atoms with Crippen molar-refractivity contribution in [1.29, 1.82) is 0 Å². The summed E-state index contributed by atoms with van der Waals surface area (Å²) in [6, 6.07) is 0.165. The molecule has 0 spiro atoms. The fourth-order valence-corrected chi connectivity index (χ4v) is 3.44. The molecule has 1 saturated carbocycles. The van der Waals surface area contributed by atoms with Gasteiger partial charge in [0.2, 0.25) is 0 Å². The minimum atomic E-state index is -0.777. The standard InChI is InChI=1S/C15H26N2O3/c1-3-15(13(18)19)8-9-17(10-15)14(20)16-12-7-5-4-6-11(12)2/h11-12H,3-10H2,1-2H3,(H,16,20)(H,18,19). The molecule has 5 nitrogen and oxygen atoms in total. The summed E-state index contributed by atoms with van der Waals surface area (Å²) in [5.41, 5.74) is -0.741. The number of carboxylic acids is 1. The van der Waals surface area contributed by atoms with Crippen molar-refractivity contribution in [3.63, 3.8) is 0 Å². The summed E-state index contributed by atoms with van der Waals surface area (Å²) in [6.45, 7) is 4.96. The summed E-state index contributed by atoms with van der Waals surface area (Å²) >= 11 is 0. The van der Waals surface area contributed by atoms with E-state index < -0.39 is 11.4 Å². The van der Waals surface area contributed by atoms with Crippen molar-refractivity contribution in [2.24, 2.45) is 11.3 Å². The third-order valence-corrected chi connectivity index (χ3v) is 5.19. The van der Waals surface area contributed by atoms with Gasteiger partial charge in [-0.3, -0.25) is 4.79 Å². The summed E-state index contributed by atoms with van der Waals surface area (Å²) in [4.78, 5) is 25.4. The van der Waals surface area contributed by atoms with Crippen molar-refractivity contribution in [1.82, 2.24) is 10.2 Å². The number of nitrogens with one attached hydrogen (secondary N) is 1. The molecule has 0 radical (unpaired) electrons. The first-order valence-corrected chi connectivity index (χ1v) is 7.77. The average Bonchev–Trinajstić information content (AvgIpc) is 2.87. The van der Waals surface area contributed by atoms with Crippen LogP contribution in [-0.4, -0.2) is 41.1 Å². The molecule has 2 N–H and O–H groups in total. The number of hydrogen-bond donors (Lipinski definition) is 2. The van der Waals surface area contributed by atoms with Crippen molar-refractivity contribution < 1.29 is 14.7 Å². The van der Waals surface area contributed by atoms with Crippen LogP contribution >= 0.6 is 0 Å². The normalized spacial score (nSPS) is 34.0. The SMILES string of the molecule is CCC1(C(=O)O)CCN(C(=O)NC2CCCCC2C)C1. The lowest BCUT2D eigenvalue weighted by Crippen LogP contribution is -2.48. The third kappa shape index (κ3) is 2.91. The summed E-state index contributed by atoms with van der Waals surface area (Å²) in [6.07, 6.45) is 5.76. The monoisotopic (exact) mass is 282 g/mol. The molecule has 1 aliphatic heterocycles. The molecule has 0 bridgehead atoms. The van der Waals surface area contributed by atoms with Gasteiger partial charge in [-0.15, -0.1) is 0 Å². The number of carbonyl (C=O) groups is 2. The topological polar surface area (TPSA) is 69.6 Å². The highest BCUT2D eigenvalue weighted by Gasteiger charge is 2.45. The Morgan fingerprint density at radius 3 is 2.60 bits per heavy atom. The highest BCUT2D eigenvalue weighted by Crippen LogP contribution is 2.34. The smallest absolute Gasteiger partial charge is 0.317 e. The summed E-state index contributed by atoms with van der Waals surface area (Å²) in [5.74, 6) is -0.257. The number of amides is 2. The van der Waals surface area contributed by atoms with E-state index in [0.717, 1.165) is 6.42 Å². The van der Waals surface area contributed by atoms with E-state index in [1.54, 1.807) is 4.90 Å². The van der Waals surface area contributed by atoms with Crippen LogP contribution in [0.3, 0.4) is 0 Å². The molecule has 1 saturated heterocycles. The predicted molar refractivity (Wildman–Crippen MR) is 76.5 cm³/mol. The summed E-state index contributed by atoms with van der Waals surface area (Å²) in [7, 11) is 0. The minimum Gasteiger partial charge on any atom is -0.481 e. The van der Waals surface area contributed by atoms with Crippen molar-refractivity contribution in [3.8, 4) is 0 Å². The van der Waals surface area contributed by atoms with Gasteiger partial charge in [-0.05, 0) is 31.6 Å². The Labute approximate surface area is 120 Å². The van der Waals surface area contributed by atoms with E-state index in [4.69, 9.17) is 0 Å². The number of nitrogens with zero attached hydrogens (tertiary/aromatic N) is 1. The maximum absolute atomic E-state index is 12.3. The summed E-state index contributed by atoms with van der Waals surface area (Å²) in [5, 5.41) is 12.5. The molecular formula is C15H26N2O3. The second-order valence-electron chi connectivity index (χ2n) is 6.43. The highest BCUT2D eigenvalue weighted by atomic mass is 16.4. The van der Waals surface area contributed by atoms with Gasteiger partial charge in [-0.25, -0.2) is 4.79 Å². The van der Waals surface area contributed by atoms with E-state index in [0.29, 0.717) is 31.8 Å². The molecule has 1 aliphatic carbocycles. The first-order valence-electron chi connectivity index (χ1n) is 7.77. The molecule has 1 heterocycles. The maximum atomic E-state index is 12.3. The van der Waals surface area contributed by atoms with Crippen molar-refractivity contribution in [2.75, 3.05) is 13.1 Å². The van der Waals surface area contributed by atoms with Crippen LogP contribution in [0.15, 0.2) is 0 Å². The number of carboxylic acid groups (broad SMARTS) is 1. The number of aliphatic carboxylic acids is 1. The van der Waals surface area contributed by atoms with Gasteiger partial charge in [-0.2, -0.15) is 0 Å².